The van der Waals surface area contributed by atoms with E-state index in [0.717, 1.165) is 12.0 Å². The Bertz CT molecular complexity index is 1160. The second-order valence-corrected chi connectivity index (χ2v) is 8.15. The number of carbonyl (C=O) groups is 3. The second-order valence-electron chi connectivity index (χ2n) is 8.15. The van der Waals surface area contributed by atoms with Crippen molar-refractivity contribution >= 4 is 29.1 Å². The van der Waals surface area contributed by atoms with Gasteiger partial charge in [-0.1, -0.05) is 30.3 Å². The maximum Gasteiger partial charge on any atom is 0.256 e. The molecule has 6 N–H and O–H groups in total. The van der Waals surface area contributed by atoms with Crippen molar-refractivity contribution in [3.63, 3.8) is 0 Å². The lowest BCUT2D eigenvalue weighted by molar-refractivity contribution is -0.125. The average Bonchev–Trinajstić information content (AvgIpc) is 2.85. The molecular weight excluding hydrogens is 444 g/mol. The predicted molar refractivity (Wildman–Crippen MR) is 137 cm³/mol. The van der Waals surface area contributed by atoms with Gasteiger partial charge in [-0.3, -0.25) is 14.4 Å². The Labute approximate surface area is 204 Å². The molecule has 0 bridgehead atoms. The van der Waals surface area contributed by atoms with E-state index < -0.39 is 6.04 Å². The normalized spacial score (nSPS) is 11.4. The number of anilines is 2. The van der Waals surface area contributed by atoms with Crippen LogP contribution in [0.2, 0.25) is 0 Å². The Hall–Kier alpha value is -4.17. The predicted octanol–water partition coefficient (Wildman–Crippen LogP) is 3.88. The number of phenols is 1. The van der Waals surface area contributed by atoms with Crippen molar-refractivity contribution in [2.75, 3.05) is 17.2 Å². The second kappa shape index (κ2) is 12.3. The van der Waals surface area contributed by atoms with Crippen molar-refractivity contribution in [3.05, 3.63) is 78.4 Å². The van der Waals surface area contributed by atoms with Crippen LogP contribution in [0.5, 0.6) is 5.75 Å². The molecule has 0 aliphatic heterocycles. The molecule has 0 aliphatic carbocycles. The minimum atomic E-state index is -0.684. The van der Waals surface area contributed by atoms with Gasteiger partial charge in [-0.05, 0) is 79.4 Å². The number of nitrogens with two attached hydrogens (primary N) is 1. The summed E-state index contributed by atoms with van der Waals surface area (Å²) in [6.45, 7) is 1.89. The summed E-state index contributed by atoms with van der Waals surface area (Å²) in [6, 6.07) is 19.9. The van der Waals surface area contributed by atoms with Crippen molar-refractivity contribution in [3.8, 4) is 16.9 Å². The van der Waals surface area contributed by atoms with Crippen molar-refractivity contribution in [1.29, 1.82) is 0 Å². The highest BCUT2D eigenvalue weighted by Gasteiger charge is 2.20. The summed E-state index contributed by atoms with van der Waals surface area (Å²) < 4.78 is 0. The molecule has 3 aromatic carbocycles. The maximum atomic E-state index is 13.1. The zero-order valence-corrected chi connectivity index (χ0v) is 19.6. The van der Waals surface area contributed by atoms with Crippen LogP contribution in [0.25, 0.3) is 11.1 Å². The fourth-order valence-electron chi connectivity index (χ4n) is 3.66. The van der Waals surface area contributed by atoms with Crippen LogP contribution in [0.1, 0.15) is 36.5 Å². The average molecular weight is 475 g/mol. The Morgan fingerprint density at radius 3 is 2.23 bits per heavy atom. The van der Waals surface area contributed by atoms with Crippen molar-refractivity contribution < 1.29 is 19.5 Å². The molecule has 0 heterocycles. The van der Waals surface area contributed by atoms with E-state index in [0.29, 0.717) is 41.9 Å². The number of rotatable bonds is 10. The lowest BCUT2D eigenvalue weighted by Crippen LogP contribution is -2.42. The standard InChI is InChI=1S/C27H30N4O4/c1-18(32)29-25(9-5-6-16-28)27(35)31-21-12-15-23(24(17-21)19-7-3-2-4-8-19)26(34)30-20-10-13-22(33)14-11-20/h2-4,7-8,10-15,17,25,33H,5-6,9,16,28H2,1H3,(H,29,32)(H,30,34)(H,31,35)/t25-/m0/s1. The zero-order valence-electron chi connectivity index (χ0n) is 19.6. The first kappa shape index (κ1) is 25.5. The number of unbranched alkanes of at least 4 members (excludes halogenated alkanes) is 1. The van der Waals surface area contributed by atoms with Crippen LogP contribution in [0.15, 0.2) is 72.8 Å². The van der Waals surface area contributed by atoms with E-state index in [1.807, 2.05) is 30.3 Å². The van der Waals surface area contributed by atoms with E-state index in [-0.39, 0.29) is 23.5 Å². The molecule has 8 heteroatoms. The highest BCUT2D eigenvalue weighted by Crippen LogP contribution is 2.28. The van der Waals surface area contributed by atoms with Gasteiger partial charge in [0.1, 0.15) is 11.8 Å². The van der Waals surface area contributed by atoms with Gasteiger partial charge in [0.25, 0.3) is 5.91 Å². The van der Waals surface area contributed by atoms with Gasteiger partial charge in [0.2, 0.25) is 11.8 Å². The molecule has 0 saturated heterocycles. The molecule has 3 amide bonds. The quantitative estimate of drug-likeness (QED) is 0.225. The third-order valence-corrected chi connectivity index (χ3v) is 5.38. The first-order valence-electron chi connectivity index (χ1n) is 11.4. The Kier molecular flexibility index (Phi) is 8.97. The molecule has 1 atom stereocenters. The van der Waals surface area contributed by atoms with E-state index >= 15 is 0 Å². The van der Waals surface area contributed by atoms with E-state index in [1.54, 1.807) is 30.3 Å². The zero-order chi connectivity index (χ0) is 25.2. The van der Waals surface area contributed by atoms with Crippen molar-refractivity contribution in [1.82, 2.24) is 5.32 Å². The Morgan fingerprint density at radius 1 is 0.886 bits per heavy atom. The summed E-state index contributed by atoms with van der Waals surface area (Å²) >= 11 is 0. The smallest absolute Gasteiger partial charge is 0.256 e. The van der Waals surface area contributed by atoms with Crippen LogP contribution in [0.4, 0.5) is 11.4 Å². The van der Waals surface area contributed by atoms with Crippen LogP contribution in [0, 0.1) is 0 Å². The van der Waals surface area contributed by atoms with Gasteiger partial charge in [0.05, 0.1) is 0 Å². The molecule has 3 aromatic rings. The lowest BCUT2D eigenvalue weighted by atomic mass is 9.98. The summed E-state index contributed by atoms with van der Waals surface area (Å²) in [5.41, 5.74) is 8.46. The maximum absolute atomic E-state index is 13.1. The molecule has 35 heavy (non-hydrogen) atoms. The third kappa shape index (κ3) is 7.41. The fraction of sp³-hybridized carbons (Fsp3) is 0.222. The summed E-state index contributed by atoms with van der Waals surface area (Å²) in [5, 5.41) is 17.9. The van der Waals surface area contributed by atoms with Gasteiger partial charge in [0.15, 0.2) is 0 Å². The highest BCUT2D eigenvalue weighted by atomic mass is 16.3. The number of nitrogens with one attached hydrogen (secondary N) is 3. The number of aromatic hydroxyl groups is 1. The van der Waals surface area contributed by atoms with Crippen LogP contribution < -0.4 is 21.7 Å². The number of phenolic OH excluding ortho intramolecular Hbond substituents is 1. The Morgan fingerprint density at radius 2 is 1.57 bits per heavy atom. The monoisotopic (exact) mass is 474 g/mol. The number of hydrogen-bond donors (Lipinski definition) is 5. The van der Waals surface area contributed by atoms with E-state index in [4.69, 9.17) is 5.73 Å². The summed E-state index contributed by atoms with van der Waals surface area (Å²) in [6.07, 6.45) is 1.94. The number of hydrogen-bond acceptors (Lipinski definition) is 5. The first-order valence-corrected chi connectivity index (χ1v) is 11.4. The fourth-order valence-corrected chi connectivity index (χ4v) is 3.66. The molecule has 182 valence electrons. The van der Waals surface area contributed by atoms with Crippen molar-refractivity contribution in [2.24, 2.45) is 5.73 Å². The first-order chi connectivity index (χ1) is 16.9. The minimum absolute atomic E-state index is 0.105. The van der Waals surface area contributed by atoms with Gasteiger partial charge >= 0.3 is 0 Å². The van der Waals surface area contributed by atoms with Gasteiger partial charge in [-0.2, -0.15) is 0 Å². The molecule has 0 spiro atoms. The minimum Gasteiger partial charge on any atom is -0.508 e. The van der Waals surface area contributed by atoms with Crippen LogP contribution in [0.3, 0.4) is 0 Å². The molecule has 0 aliphatic rings. The third-order valence-electron chi connectivity index (χ3n) is 5.38. The van der Waals surface area contributed by atoms with Gasteiger partial charge < -0.3 is 26.8 Å². The van der Waals surface area contributed by atoms with Crippen molar-refractivity contribution in [2.45, 2.75) is 32.2 Å². The lowest BCUT2D eigenvalue weighted by Gasteiger charge is -2.18. The Balaban J connectivity index is 1.87. The van der Waals surface area contributed by atoms with Crippen LogP contribution >= 0.6 is 0 Å². The van der Waals surface area contributed by atoms with Crippen LogP contribution in [-0.4, -0.2) is 35.4 Å². The molecule has 3 rings (SSSR count). The summed E-state index contributed by atoms with van der Waals surface area (Å²) in [4.78, 5) is 37.6. The van der Waals surface area contributed by atoms with E-state index in [2.05, 4.69) is 16.0 Å². The molecule has 0 aromatic heterocycles. The van der Waals surface area contributed by atoms with Gasteiger partial charge in [-0.15, -0.1) is 0 Å². The largest absolute Gasteiger partial charge is 0.508 e. The number of carbonyl (C=O) groups excluding carboxylic acids is 3. The van der Waals surface area contributed by atoms with Crippen LogP contribution in [-0.2, 0) is 9.59 Å². The molecular formula is C27H30N4O4. The van der Waals surface area contributed by atoms with Gasteiger partial charge in [0, 0.05) is 23.9 Å². The molecule has 0 unspecified atom stereocenters. The van der Waals surface area contributed by atoms with E-state index in [1.165, 1.54) is 19.1 Å². The molecule has 0 saturated carbocycles. The summed E-state index contributed by atoms with van der Waals surface area (Å²) in [5.74, 6) is -0.847. The summed E-state index contributed by atoms with van der Waals surface area (Å²) in [7, 11) is 0. The highest BCUT2D eigenvalue weighted by molar-refractivity contribution is 6.09. The topological polar surface area (TPSA) is 134 Å². The van der Waals surface area contributed by atoms with E-state index in [9.17, 15) is 19.5 Å². The van der Waals surface area contributed by atoms with Gasteiger partial charge in [-0.25, -0.2) is 0 Å². The molecule has 0 fully saturated rings. The number of benzene rings is 3. The molecule has 0 radical (unpaired) electrons. The molecule has 8 nitrogen and oxygen atoms in total. The SMILES string of the molecule is CC(=O)N[C@@H](CCCCN)C(=O)Nc1ccc(C(=O)Nc2ccc(O)cc2)c(-c2ccccc2)c1. The number of amides is 3.